The first-order valence-corrected chi connectivity index (χ1v) is 15.6. The number of nitrogens with one attached hydrogen (secondary N) is 1. The van der Waals surface area contributed by atoms with E-state index in [0.717, 1.165) is 53.6 Å². The maximum absolute atomic E-state index is 13.1. The molecule has 0 unspecified atom stereocenters. The van der Waals surface area contributed by atoms with Crippen molar-refractivity contribution >= 4 is 17.6 Å². The molecular formula is C35H45N5O3. The van der Waals surface area contributed by atoms with Crippen LogP contribution in [0.4, 0.5) is 5.82 Å². The summed E-state index contributed by atoms with van der Waals surface area (Å²) in [6, 6.07) is 20.3. The number of aromatic nitrogens is 2. The molecule has 1 heterocycles. The highest BCUT2D eigenvalue weighted by molar-refractivity contribution is 5.91. The number of hydrogen-bond donors (Lipinski definition) is 3. The van der Waals surface area contributed by atoms with Gasteiger partial charge in [0.1, 0.15) is 5.69 Å². The first-order chi connectivity index (χ1) is 20.5. The molecule has 2 aliphatic rings. The van der Waals surface area contributed by atoms with Gasteiger partial charge in [0.05, 0.1) is 5.60 Å². The Kier molecular flexibility index (Phi) is 8.99. The first kappa shape index (κ1) is 30.8. The third kappa shape index (κ3) is 6.97. The first-order valence-electron chi connectivity index (χ1n) is 15.6. The molecule has 3 aromatic rings. The van der Waals surface area contributed by atoms with Gasteiger partial charge in [0.15, 0.2) is 5.82 Å². The van der Waals surface area contributed by atoms with Crippen molar-refractivity contribution < 1.29 is 14.7 Å². The predicted octanol–water partition coefficient (Wildman–Crippen LogP) is 6.04. The van der Waals surface area contributed by atoms with E-state index in [2.05, 4.69) is 29.4 Å². The number of anilines is 1. The Morgan fingerprint density at radius 1 is 1.00 bits per heavy atom. The number of amides is 2. The van der Waals surface area contributed by atoms with Gasteiger partial charge >= 0.3 is 0 Å². The fraction of sp³-hybridized carbons (Fsp3) is 0.486. The maximum atomic E-state index is 13.1. The molecule has 2 aliphatic carbocycles. The summed E-state index contributed by atoms with van der Waals surface area (Å²) in [4.78, 5) is 27.6. The third-order valence-corrected chi connectivity index (χ3v) is 9.10. The van der Waals surface area contributed by atoms with Crippen LogP contribution in [-0.2, 0) is 15.1 Å². The molecule has 8 nitrogen and oxygen atoms in total. The van der Waals surface area contributed by atoms with Crippen LogP contribution >= 0.6 is 0 Å². The summed E-state index contributed by atoms with van der Waals surface area (Å²) >= 11 is 0. The van der Waals surface area contributed by atoms with Crippen molar-refractivity contribution in [2.24, 2.45) is 11.7 Å². The largest absolute Gasteiger partial charge is 0.390 e. The van der Waals surface area contributed by atoms with Gasteiger partial charge in [-0.25, -0.2) is 0 Å². The Balaban J connectivity index is 1.27. The minimum Gasteiger partial charge on any atom is -0.390 e. The van der Waals surface area contributed by atoms with Crippen molar-refractivity contribution in [3.05, 3.63) is 66.2 Å². The Morgan fingerprint density at radius 3 is 2.23 bits per heavy atom. The average Bonchev–Trinajstić information content (AvgIpc) is 2.97. The van der Waals surface area contributed by atoms with Crippen LogP contribution in [0.2, 0.25) is 0 Å². The molecule has 228 valence electrons. The molecule has 4 N–H and O–H groups in total. The molecule has 8 heteroatoms. The second kappa shape index (κ2) is 12.5. The van der Waals surface area contributed by atoms with E-state index in [4.69, 9.17) is 5.73 Å². The third-order valence-electron chi connectivity index (χ3n) is 9.10. The fourth-order valence-electron chi connectivity index (χ4n) is 7.15. The van der Waals surface area contributed by atoms with E-state index in [1.807, 2.05) is 79.4 Å². The van der Waals surface area contributed by atoms with Crippen molar-refractivity contribution in [1.82, 2.24) is 15.1 Å². The summed E-state index contributed by atoms with van der Waals surface area (Å²) < 4.78 is 0. The lowest BCUT2D eigenvalue weighted by Crippen LogP contribution is -2.58. The summed E-state index contributed by atoms with van der Waals surface area (Å²) in [7, 11) is 0. The molecule has 0 aliphatic heterocycles. The van der Waals surface area contributed by atoms with E-state index in [0.29, 0.717) is 31.5 Å². The van der Waals surface area contributed by atoms with Gasteiger partial charge in [0.25, 0.3) is 0 Å². The van der Waals surface area contributed by atoms with Crippen LogP contribution in [0.15, 0.2) is 60.7 Å². The molecule has 43 heavy (non-hydrogen) atoms. The fourth-order valence-corrected chi connectivity index (χ4v) is 7.15. The Morgan fingerprint density at radius 2 is 1.65 bits per heavy atom. The Hall–Kier alpha value is -3.62. The van der Waals surface area contributed by atoms with Gasteiger partial charge < -0.3 is 21.1 Å². The van der Waals surface area contributed by atoms with Crippen molar-refractivity contribution in [3.63, 3.8) is 0 Å². The molecule has 2 fully saturated rings. The zero-order valence-electron chi connectivity index (χ0n) is 25.8. The zero-order valence-corrected chi connectivity index (χ0v) is 25.8. The highest BCUT2D eigenvalue weighted by Gasteiger charge is 2.49. The molecule has 0 saturated heterocycles. The van der Waals surface area contributed by atoms with Gasteiger partial charge in [-0.2, -0.15) is 0 Å². The van der Waals surface area contributed by atoms with Crippen molar-refractivity contribution in [3.8, 4) is 22.4 Å². The van der Waals surface area contributed by atoms with Crippen LogP contribution in [-0.4, -0.2) is 49.7 Å². The molecule has 0 spiro atoms. The number of nitrogens with zero attached hydrogens (tertiary/aromatic N) is 3. The van der Waals surface area contributed by atoms with E-state index < -0.39 is 11.1 Å². The number of carbonyl (C=O) groups is 2. The number of carbonyl (C=O) groups excluding carboxylic acids is 2. The molecule has 2 saturated carbocycles. The lowest BCUT2D eigenvalue weighted by atomic mass is 9.63. The van der Waals surface area contributed by atoms with Gasteiger partial charge in [-0.1, -0.05) is 61.5 Å². The second-order valence-electron chi connectivity index (χ2n) is 13.1. The van der Waals surface area contributed by atoms with Gasteiger partial charge in [-0.05, 0) is 82.4 Å². The van der Waals surface area contributed by atoms with E-state index >= 15 is 0 Å². The van der Waals surface area contributed by atoms with Crippen molar-refractivity contribution in [1.29, 1.82) is 0 Å². The van der Waals surface area contributed by atoms with Gasteiger partial charge in [-0.3, -0.25) is 9.59 Å². The van der Waals surface area contributed by atoms with Crippen LogP contribution in [0.5, 0.6) is 0 Å². The molecule has 0 radical (unpaired) electrons. The smallest absolute Gasteiger partial charge is 0.225 e. The highest BCUT2D eigenvalue weighted by Crippen LogP contribution is 2.46. The Labute approximate surface area is 255 Å². The summed E-state index contributed by atoms with van der Waals surface area (Å²) in [6.07, 6.45) is 5.71. The van der Waals surface area contributed by atoms with Crippen molar-refractivity contribution in [2.75, 3.05) is 5.32 Å². The van der Waals surface area contributed by atoms with E-state index in [-0.39, 0.29) is 29.8 Å². The predicted molar refractivity (Wildman–Crippen MR) is 170 cm³/mol. The monoisotopic (exact) mass is 583 g/mol. The molecule has 0 atom stereocenters. The molecule has 0 bridgehead atoms. The molecule has 5 rings (SSSR count). The van der Waals surface area contributed by atoms with Crippen molar-refractivity contribution in [2.45, 2.75) is 102 Å². The second-order valence-corrected chi connectivity index (χ2v) is 13.1. The van der Waals surface area contributed by atoms with Gasteiger partial charge in [0.2, 0.25) is 11.8 Å². The van der Waals surface area contributed by atoms with Crippen LogP contribution < -0.4 is 11.1 Å². The zero-order chi connectivity index (χ0) is 30.8. The van der Waals surface area contributed by atoms with Crippen LogP contribution in [0, 0.1) is 5.92 Å². The summed E-state index contributed by atoms with van der Waals surface area (Å²) in [5, 5.41) is 22.2. The molecular weight excluding hydrogens is 538 g/mol. The minimum atomic E-state index is -0.719. The van der Waals surface area contributed by atoms with Gasteiger partial charge in [-0.15, -0.1) is 10.2 Å². The van der Waals surface area contributed by atoms with Gasteiger partial charge in [0, 0.05) is 41.6 Å². The van der Waals surface area contributed by atoms with E-state index in [9.17, 15) is 14.7 Å². The number of nitrogens with two attached hydrogens (primary N) is 1. The SMILES string of the molecule is CCC(=O)N(C(C)C)[C@H]1CC[C@H](CC(=O)Nc2cc(-c3ccccc3)c(-c3ccc([C@]4(N)C[C@](C)(O)C4)cc3)nn2)CC1. The standard InChI is InChI=1S/C35H45N5O3/c1-5-32(42)40(23(2)3)28-17-11-24(12-18-28)19-31(41)37-30-20-29(25-9-7-6-8-10-25)33(39-38-30)26-13-15-27(16-14-26)35(36)21-34(4,43)22-35/h6-10,13-16,20,23-24,28,43H,5,11-12,17-19,21-22,36H2,1-4H3,(H,37,38,41)/t24-,28-,34-,35-. The number of aliphatic hydroxyl groups is 1. The number of rotatable bonds is 9. The minimum absolute atomic E-state index is 0.0659. The van der Waals surface area contributed by atoms with E-state index in [1.54, 1.807) is 0 Å². The van der Waals surface area contributed by atoms with Crippen LogP contribution in [0.25, 0.3) is 22.4 Å². The summed E-state index contributed by atoms with van der Waals surface area (Å²) in [6.45, 7) is 7.89. The topological polar surface area (TPSA) is 121 Å². The number of hydrogen-bond acceptors (Lipinski definition) is 6. The molecule has 2 amide bonds. The number of benzene rings is 2. The molecule has 1 aromatic heterocycles. The quantitative estimate of drug-likeness (QED) is 0.282. The average molecular weight is 584 g/mol. The summed E-state index contributed by atoms with van der Waals surface area (Å²) in [5.41, 5.74) is 9.77. The summed E-state index contributed by atoms with van der Waals surface area (Å²) in [5.74, 6) is 0.852. The Bertz CT molecular complexity index is 1420. The highest BCUT2D eigenvalue weighted by atomic mass is 16.3. The maximum Gasteiger partial charge on any atom is 0.225 e. The normalized spacial score (nSPS) is 25.2. The lowest BCUT2D eigenvalue weighted by Gasteiger charge is -2.49. The molecule has 2 aromatic carbocycles. The van der Waals surface area contributed by atoms with Crippen LogP contribution in [0.1, 0.15) is 84.6 Å². The van der Waals surface area contributed by atoms with Crippen LogP contribution in [0.3, 0.4) is 0 Å². The lowest BCUT2D eigenvalue weighted by molar-refractivity contribution is -0.136. The van der Waals surface area contributed by atoms with E-state index in [1.165, 1.54) is 0 Å².